The first-order valence-corrected chi connectivity index (χ1v) is 9.29. The van der Waals surface area contributed by atoms with Gasteiger partial charge in [0, 0.05) is 6.07 Å². The predicted molar refractivity (Wildman–Crippen MR) is 106 cm³/mol. The molecule has 150 valence electrons. The van der Waals surface area contributed by atoms with Crippen LogP contribution in [0, 0.1) is 0 Å². The zero-order valence-corrected chi connectivity index (χ0v) is 16.1. The summed E-state index contributed by atoms with van der Waals surface area (Å²) in [5.41, 5.74) is 1.30. The fourth-order valence-corrected chi connectivity index (χ4v) is 3.05. The Hall–Kier alpha value is -3.48. The minimum atomic E-state index is -0.462. The lowest BCUT2D eigenvalue weighted by Crippen LogP contribution is -2.18. The van der Waals surface area contributed by atoms with Crippen molar-refractivity contribution in [3.63, 3.8) is 0 Å². The predicted octanol–water partition coefficient (Wildman–Crippen LogP) is 3.56. The second-order valence-corrected chi connectivity index (χ2v) is 6.82. The van der Waals surface area contributed by atoms with Crippen molar-refractivity contribution >= 4 is 16.9 Å². The van der Waals surface area contributed by atoms with Gasteiger partial charge in [-0.25, -0.2) is 4.79 Å². The molecule has 0 saturated carbocycles. The van der Waals surface area contributed by atoms with E-state index in [2.05, 4.69) is 0 Å². The van der Waals surface area contributed by atoms with Gasteiger partial charge in [-0.1, -0.05) is 6.07 Å². The molecule has 7 nitrogen and oxygen atoms in total. The molecule has 29 heavy (non-hydrogen) atoms. The lowest BCUT2D eigenvalue weighted by Gasteiger charge is -2.18. The number of fused-ring (bicyclic) bond motifs is 2. The first kappa shape index (κ1) is 18.9. The van der Waals surface area contributed by atoms with Gasteiger partial charge in [-0.15, -0.1) is 0 Å². The van der Waals surface area contributed by atoms with Gasteiger partial charge in [0.2, 0.25) is 0 Å². The third-order valence-corrected chi connectivity index (χ3v) is 4.32. The molecule has 2 heterocycles. The Bertz CT molecular complexity index is 1110. The van der Waals surface area contributed by atoms with Gasteiger partial charge in [0.05, 0.1) is 17.1 Å². The molecule has 0 radical (unpaired) electrons. The Morgan fingerprint density at radius 1 is 1.07 bits per heavy atom. The molecule has 0 fully saturated rings. The SMILES string of the molecule is CC(C)OC(=O)COc1ccc2c(=O)c(-c3ccc4c(c3)OCCO4)coc2c1. The van der Waals surface area contributed by atoms with Crippen molar-refractivity contribution in [2.24, 2.45) is 0 Å². The standard InChI is InChI=1S/C22H20O7/c1-13(2)29-21(23)12-27-15-4-5-16-19(10-15)28-11-17(22(16)24)14-3-6-18-20(9-14)26-8-7-25-18/h3-6,9-11,13H,7-8,12H2,1-2H3. The van der Waals surface area contributed by atoms with Crippen molar-refractivity contribution < 1.29 is 28.2 Å². The van der Waals surface area contributed by atoms with E-state index in [-0.39, 0.29) is 18.1 Å². The maximum atomic E-state index is 12.9. The Morgan fingerprint density at radius 2 is 1.86 bits per heavy atom. The summed E-state index contributed by atoms with van der Waals surface area (Å²) in [4.78, 5) is 24.6. The molecule has 0 unspecified atom stereocenters. The summed E-state index contributed by atoms with van der Waals surface area (Å²) < 4.78 is 27.2. The van der Waals surface area contributed by atoms with Crippen molar-refractivity contribution in [3.8, 4) is 28.4 Å². The van der Waals surface area contributed by atoms with Crippen molar-refractivity contribution in [3.05, 3.63) is 52.9 Å². The highest BCUT2D eigenvalue weighted by molar-refractivity contribution is 5.83. The first-order valence-electron chi connectivity index (χ1n) is 9.29. The summed E-state index contributed by atoms with van der Waals surface area (Å²) in [6, 6.07) is 10.2. The molecule has 0 N–H and O–H groups in total. The summed E-state index contributed by atoms with van der Waals surface area (Å²) in [7, 11) is 0. The van der Waals surface area contributed by atoms with Gasteiger partial charge in [-0.2, -0.15) is 0 Å². The van der Waals surface area contributed by atoms with E-state index < -0.39 is 5.97 Å². The zero-order valence-electron chi connectivity index (χ0n) is 16.1. The average Bonchev–Trinajstić information content (AvgIpc) is 2.71. The highest BCUT2D eigenvalue weighted by Gasteiger charge is 2.16. The Morgan fingerprint density at radius 3 is 2.66 bits per heavy atom. The van der Waals surface area contributed by atoms with E-state index in [4.69, 9.17) is 23.4 Å². The molecule has 7 heteroatoms. The summed E-state index contributed by atoms with van der Waals surface area (Å²) in [5, 5.41) is 0.412. The quantitative estimate of drug-likeness (QED) is 0.610. The van der Waals surface area contributed by atoms with Crippen LogP contribution < -0.4 is 19.6 Å². The molecule has 2 aromatic carbocycles. The Kier molecular flexibility index (Phi) is 5.12. The fourth-order valence-electron chi connectivity index (χ4n) is 3.05. The van der Waals surface area contributed by atoms with Gasteiger partial charge in [-0.05, 0) is 43.7 Å². The van der Waals surface area contributed by atoms with Gasteiger partial charge in [-0.3, -0.25) is 4.79 Å². The van der Waals surface area contributed by atoms with Crippen molar-refractivity contribution in [1.29, 1.82) is 0 Å². The van der Waals surface area contributed by atoms with Crippen LogP contribution in [-0.4, -0.2) is 31.9 Å². The van der Waals surface area contributed by atoms with Crippen LogP contribution in [0.3, 0.4) is 0 Å². The minimum absolute atomic E-state index is 0.173. The van der Waals surface area contributed by atoms with E-state index in [1.165, 1.54) is 6.26 Å². The molecule has 0 atom stereocenters. The summed E-state index contributed by atoms with van der Waals surface area (Å²) in [6.45, 7) is 4.28. The third-order valence-electron chi connectivity index (χ3n) is 4.32. The van der Waals surface area contributed by atoms with Crippen molar-refractivity contribution in [2.75, 3.05) is 19.8 Å². The molecule has 0 aliphatic carbocycles. The van der Waals surface area contributed by atoms with Crippen LogP contribution >= 0.6 is 0 Å². The van der Waals surface area contributed by atoms with Gasteiger partial charge < -0.3 is 23.4 Å². The molecule has 3 aromatic rings. The summed E-state index contributed by atoms with van der Waals surface area (Å²) in [5.74, 6) is 1.21. The number of hydrogen-bond acceptors (Lipinski definition) is 7. The second kappa shape index (κ2) is 7.87. The van der Waals surface area contributed by atoms with E-state index in [0.29, 0.717) is 52.6 Å². The first-order chi connectivity index (χ1) is 14.0. The lowest BCUT2D eigenvalue weighted by atomic mass is 10.0. The van der Waals surface area contributed by atoms with Gasteiger partial charge in [0.25, 0.3) is 0 Å². The summed E-state index contributed by atoms with van der Waals surface area (Å²) >= 11 is 0. The maximum absolute atomic E-state index is 12.9. The maximum Gasteiger partial charge on any atom is 0.344 e. The molecule has 0 spiro atoms. The number of carbonyl (C=O) groups is 1. The molecular formula is C22H20O7. The van der Waals surface area contributed by atoms with E-state index in [0.717, 1.165) is 0 Å². The zero-order chi connectivity index (χ0) is 20.4. The number of ether oxygens (including phenoxy) is 4. The lowest BCUT2D eigenvalue weighted by molar-refractivity contribution is -0.149. The highest BCUT2D eigenvalue weighted by Crippen LogP contribution is 2.34. The van der Waals surface area contributed by atoms with Crippen molar-refractivity contribution in [2.45, 2.75) is 20.0 Å². The highest BCUT2D eigenvalue weighted by atomic mass is 16.6. The monoisotopic (exact) mass is 396 g/mol. The van der Waals surface area contributed by atoms with Crippen LogP contribution in [0.25, 0.3) is 22.1 Å². The number of carbonyl (C=O) groups excluding carboxylic acids is 1. The smallest absolute Gasteiger partial charge is 0.344 e. The number of esters is 1. The van der Waals surface area contributed by atoms with E-state index in [1.807, 2.05) is 0 Å². The molecule has 1 aromatic heterocycles. The second-order valence-electron chi connectivity index (χ2n) is 6.82. The van der Waals surface area contributed by atoms with Crippen LogP contribution in [0.2, 0.25) is 0 Å². The summed E-state index contributed by atoms with van der Waals surface area (Å²) in [6.07, 6.45) is 1.20. The molecule has 4 rings (SSSR count). The van der Waals surface area contributed by atoms with Crippen LogP contribution in [0.1, 0.15) is 13.8 Å². The van der Waals surface area contributed by atoms with Crippen LogP contribution in [0.4, 0.5) is 0 Å². The Balaban J connectivity index is 1.60. The number of hydrogen-bond donors (Lipinski definition) is 0. The number of benzene rings is 2. The van der Waals surface area contributed by atoms with Gasteiger partial charge >= 0.3 is 5.97 Å². The molecule has 1 aliphatic heterocycles. The van der Waals surface area contributed by atoms with Gasteiger partial charge in [0.15, 0.2) is 23.5 Å². The molecule has 0 amide bonds. The van der Waals surface area contributed by atoms with Gasteiger partial charge in [0.1, 0.15) is 30.8 Å². The van der Waals surface area contributed by atoms with E-state index in [9.17, 15) is 9.59 Å². The average molecular weight is 396 g/mol. The largest absolute Gasteiger partial charge is 0.486 e. The van der Waals surface area contributed by atoms with E-state index in [1.54, 1.807) is 50.2 Å². The molecule has 1 aliphatic rings. The fraction of sp³-hybridized carbons (Fsp3) is 0.273. The topological polar surface area (TPSA) is 84.2 Å². The molecule has 0 bridgehead atoms. The minimum Gasteiger partial charge on any atom is -0.486 e. The molecular weight excluding hydrogens is 376 g/mol. The van der Waals surface area contributed by atoms with Crippen LogP contribution in [0.5, 0.6) is 17.2 Å². The normalized spacial score (nSPS) is 12.8. The molecule has 0 saturated heterocycles. The Labute approximate surface area is 166 Å². The van der Waals surface area contributed by atoms with Crippen molar-refractivity contribution in [1.82, 2.24) is 0 Å². The van der Waals surface area contributed by atoms with Crippen LogP contribution in [-0.2, 0) is 9.53 Å². The van der Waals surface area contributed by atoms with Crippen LogP contribution in [0.15, 0.2) is 51.9 Å². The third kappa shape index (κ3) is 4.03. The van der Waals surface area contributed by atoms with E-state index >= 15 is 0 Å². The number of rotatable bonds is 5.